The largest absolute Gasteiger partial charge is 0.486 e. The van der Waals surface area contributed by atoms with Gasteiger partial charge in [-0.05, 0) is 42.5 Å². The van der Waals surface area contributed by atoms with Crippen LogP contribution in [0.1, 0.15) is 10.4 Å². The van der Waals surface area contributed by atoms with Gasteiger partial charge < -0.3 is 19.2 Å². The second-order valence-corrected chi connectivity index (χ2v) is 6.75. The summed E-state index contributed by atoms with van der Waals surface area (Å²) >= 11 is 0. The molecule has 0 aliphatic carbocycles. The van der Waals surface area contributed by atoms with Gasteiger partial charge in [-0.25, -0.2) is 13.8 Å². The van der Waals surface area contributed by atoms with E-state index in [-0.39, 0.29) is 5.56 Å². The Balaban J connectivity index is 1.42. The third kappa shape index (κ3) is 3.32. The van der Waals surface area contributed by atoms with Crippen LogP contribution >= 0.6 is 0 Å². The smallest absolute Gasteiger partial charge is 0.258 e. The first-order valence-electron chi connectivity index (χ1n) is 9.22. The van der Waals surface area contributed by atoms with Gasteiger partial charge in [0.05, 0.1) is 16.9 Å². The molecule has 6 nitrogen and oxygen atoms in total. The summed E-state index contributed by atoms with van der Waals surface area (Å²) in [4.78, 5) is 16.9. The highest BCUT2D eigenvalue weighted by Crippen LogP contribution is 2.34. The van der Waals surface area contributed by atoms with Gasteiger partial charge in [-0.15, -0.1) is 0 Å². The maximum Gasteiger partial charge on any atom is 0.258 e. The predicted octanol–water partition coefficient (Wildman–Crippen LogP) is 4.30. The van der Waals surface area contributed by atoms with Crippen molar-refractivity contribution < 1.29 is 23.0 Å². The molecule has 0 fully saturated rings. The molecule has 2 aromatic carbocycles. The number of pyridine rings is 1. The summed E-state index contributed by atoms with van der Waals surface area (Å²) in [6.07, 6.45) is 3.48. The van der Waals surface area contributed by atoms with Crippen LogP contribution in [0.3, 0.4) is 0 Å². The van der Waals surface area contributed by atoms with Crippen molar-refractivity contribution in [3.8, 4) is 22.8 Å². The maximum atomic E-state index is 13.8. The molecule has 1 aliphatic heterocycles. The van der Waals surface area contributed by atoms with Crippen molar-refractivity contribution in [2.45, 2.75) is 0 Å². The first-order chi connectivity index (χ1) is 14.6. The molecule has 8 heteroatoms. The Bertz CT molecular complexity index is 1290. The fourth-order valence-electron chi connectivity index (χ4n) is 3.28. The zero-order valence-corrected chi connectivity index (χ0v) is 15.6. The molecule has 3 heterocycles. The van der Waals surface area contributed by atoms with Crippen LogP contribution in [0.4, 0.5) is 14.5 Å². The average Bonchev–Trinajstić information content (AvgIpc) is 3.16. The van der Waals surface area contributed by atoms with E-state index in [0.717, 1.165) is 23.4 Å². The van der Waals surface area contributed by atoms with Crippen LogP contribution in [0.25, 0.3) is 16.9 Å². The lowest BCUT2D eigenvalue weighted by molar-refractivity contribution is 0.102. The first kappa shape index (κ1) is 18.1. The van der Waals surface area contributed by atoms with Crippen molar-refractivity contribution in [2.24, 2.45) is 0 Å². The van der Waals surface area contributed by atoms with Crippen LogP contribution < -0.4 is 14.8 Å². The number of hydrogen-bond acceptors (Lipinski definition) is 4. The molecule has 0 unspecified atom stereocenters. The van der Waals surface area contributed by atoms with E-state index in [1.165, 1.54) is 0 Å². The summed E-state index contributed by atoms with van der Waals surface area (Å²) in [5.74, 6) is -0.955. The number of halogens is 2. The van der Waals surface area contributed by atoms with Crippen molar-refractivity contribution in [3.05, 3.63) is 78.1 Å². The van der Waals surface area contributed by atoms with Crippen molar-refractivity contribution in [1.82, 2.24) is 9.38 Å². The molecule has 1 aliphatic rings. The molecule has 0 atom stereocenters. The quantitative estimate of drug-likeness (QED) is 0.550. The van der Waals surface area contributed by atoms with Gasteiger partial charge in [0, 0.05) is 24.0 Å². The van der Waals surface area contributed by atoms with Gasteiger partial charge in [-0.2, -0.15) is 0 Å². The number of rotatable bonds is 3. The molecule has 4 aromatic rings. The standard InChI is InChI=1S/C22H15F2N3O3/c23-14-2-4-16(17(24)10-14)22(28)25-15-3-6-21-26-18(12-27(21)11-15)13-1-5-19-20(9-13)30-8-7-29-19/h1-6,9-12H,7-8H2,(H,25,28). The summed E-state index contributed by atoms with van der Waals surface area (Å²) < 4.78 is 39.8. The molecule has 0 radical (unpaired) electrons. The minimum absolute atomic E-state index is 0.237. The number of nitrogens with one attached hydrogen (secondary N) is 1. The van der Waals surface area contributed by atoms with E-state index in [1.54, 1.807) is 22.7 Å². The molecular formula is C22H15F2N3O3. The number of carbonyl (C=O) groups excluding carboxylic acids is 1. The SMILES string of the molecule is O=C(Nc1ccc2nc(-c3ccc4c(c3)OCCO4)cn2c1)c1ccc(F)cc1F. The van der Waals surface area contributed by atoms with E-state index >= 15 is 0 Å². The molecular weight excluding hydrogens is 392 g/mol. The lowest BCUT2D eigenvalue weighted by Crippen LogP contribution is -2.15. The normalized spacial score (nSPS) is 12.7. The second kappa shape index (κ2) is 7.14. The van der Waals surface area contributed by atoms with Gasteiger partial charge in [0.15, 0.2) is 11.5 Å². The number of hydrogen-bond donors (Lipinski definition) is 1. The fourth-order valence-corrected chi connectivity index (χ4v) is 3.28. The maximum absolute atomic E-state index is 13.8. The van der Waals surface area contributed by atoms with Crippen molar-refractivity contribution in [3.63, 3.8) is 0 Å². The van der Waals surface area contributed by atoms with Crippen LogP contribution in [0.5, 0.6) is 11.5 Å². The highest BCUT2D eigenvalue weighted by atomic mass is 19.1. The van der Waals surface area contributed by atoms with Gasteiger partial charge in [0.1, 0.15) is 30.5 Å². The number of ether oxygens (including phenoxy) is 2. The number of aromatic nitrogens is 2. The lowest BCUT2D eigenvalue weighted by atomic mass is 10.1. The minimum atomic E-state index is -0.919. The van der Waals surface area contributed by atoms with Gasteiger partial charge >= 0.3 is 0 Å². The average molecular weight is 407 g/mol. The molecule has 0 saturated carbocycles. The molecule has 1 amide bonds. The third-order valence-electron chi connectivity index (χ3n) is 4.72. The summed E-state index contributed by atoms with van der Waals surface area (Å²) in [6, 6.07) is 11.8. The Labute approximate surface area is 169 Å². The van der Waals surface area contributed by atoms with Crippen LogP contribution in [0, 0.1) is 11.6 Å². The van der Waals surface area contributed by atoms with Crippen molar-refractivity contribution in [2.75, 3.05) is 18.5 Å². The monoisotopic (exact) mass is 407 g/mol. The third-order valence-corrected chi connectivity index (χ3v) is 4.72. The topological polar surface area (TPSA) is 64.9 Å². The summed E-state index contributed by atoms with van der Waals surface area (Å²) in [6.45, 7) is 1.02. The highest BCUT2D eigenvalue weighted by Gasteiger charge is 2.15. The van der Waals surface area contributed by atoms with E-state index in [9.17, 15) is 13.6 Å². The molecule has 0 saturated heterocycles. The molecule has 1 N–H and O–H groups in total. The fraction of sp³-hybridized carbons (Fsp3) is 0.0909. The van der Waals surface area contributed by atoms with E-state index in [2.05, 4.69) is 10.3 Å². The summed E-state index contributed by atoms with van der Waals surface area (Å²) in [5.41, 5.74) is 2.47. The number of anilines is 1. The Kier molecular flexibility index (Phi) is 4.31. The van der Waals surface area contributed by atoms with Crippen LogP contribution in [-0.2, 0) is 0 Å². The summed E-state index contributed by atoms with van der Waals surface area (Å²) in [7, 11) is 0. The Morgan fingerprint density at radius 2 is 1.80 bits per heavy atom. The molecule has 0 spiro atoms. The van der Waals surface area contributed by atoms with E-state index in [1.807, 2.05) is 24.4 Å². The Hall–Kier alpha value is -3.94. The molecule has 30 heavy (non-hydrogen) atoms. The van der Waals surface area contributed by atoms with Crippen molar-refractivity contribution in [1.29, 1.82) is 0 Å². The van der Waals surface area contributed by atoms with Gasteiger partial charge in [0.2, 0.25) is 0 Å². The second-order valence-electron chi connectivity index (χ2n) is 6.75. The van der Waals surface area contributed by atoms with E-state index < -0.39 is 17.5 Å². The Morgan fingerprint density at radius 3 is 2.63 bits per heavy atom. The number of fused-ring (bicyclic) bond motifs is 2. The zero-order chi connectivity index (χ0) is 20.7. The highest BCUT2D eigenvalue weighted by molar-refractivity contribution is 6.04. The number of nitrogens with zero attached hydrogens (tertiary/aromatic N) is 2. The number of imidazole rings is 1. The van der Waals surface area contributed by atoms with Gasteiger partial charge in [0.25, 0.3) is 5.91 Å². The van der Waals surface area contributed by atoms with E-state index in [0.29, 0.717) is 42.1 Å². The van der Waals surface area contributed by atoms with E-state index in [4.69, 9.17) is 9.47 Å². The van der Waals surface area contributed by atoms with Crippen LogP contribution in [0.15, 0.2) is 60.9 Å². The first-order valence-corrected chi connectivity index (χ1v) is 9.22. The van der Waals surface area contributed by atoms with Crippen LogP contribution in [0.2, 0.25) is 0 Å². The molecule has 150 valence electrons. The molecule has 0 bridgehead atoms. The van der Waals surface area contributed by atoms with Crippen molar-refractivity contribution >= 4 is 17.2 Å². The lowest BCUT2D eigenvalue weighted by Gasteiger charge is -2.18. The number of benzene rings is 2. The molecule has 2 aromatic heterocycles. The number of amides is 1. The predicted molar refractivity (Wildman–Crippen MR) is 106 cm³/mol. The van der Waals surface area contributed by atoms with Crippen LogP contribution in [-0.4, -0.2) is 28.5 Å². The van der Waals surface area contributed by atoms with Gasteiger partial charge in [-0.1, -0.05) is 0 Å². The number of carbonyl (C=O) groups is 1. The zero-order valence-electron chi connectivity index (χ0n) is 15.6. The summed E-state index contributed by atoms with van der Waals surface area (Å²) in [5, 5.41) is 2.61. The minimum Gasteiger partial charge on any atom is -0.486 e. The Morgan fingerprint density at radius 1 is 0.967 bits per heavy atom. The molecule has 5 rings (SSSR count). The van der Waals surface area contributed by atoms with Gasteiger partial charge in [-0.3, -0.25) is 4.79 Å².